The van der Waals surface area contributed by atoms with Crippen molar-refractivity contribution in [2.24, 2.45) is 0 Å². The fourth-order valence-corrected chi connectivity index (χ4v) is 8.88. The first-order valence-corrected chi connectivity index (χ1v) is 15.5. The van der Waals surface area contributed by atoms with E-state index in [2.05, 4.69) is 56.5 Å². The summed E-state index contributed by atoms with van der Waals surface area (Å²) in [6.07, 6.45) is 8.42. The molecule has 2 saturated heterocycles. The number of aromatic amines is 1. The molecule has 2 unspecified atom stereocenters. The van der Waals surface area contributed by atoms with Crippen molar-refractivity contribution in [1.29, 1.82) is 0 Å². The first kappa shape index (κ1) is 24.6. The van der Waals surface area contributed by atoms with Gasteiger partial charge in [0, 0.05) is 69.7 Å². The average Bonchev–Trinajstić information content (AvgIpc) is 3.65. The highest BCUT2D eigenvalue weighted by Crippen LogP contribution is 2.52. The lowest BCUT2D eigenvalue weighted by atomic mass is 10.1. The third kappa shape index (κ3) is 4.88. The molecule has 7 rings (SSSR count). The number of ether oxygens (including phenoxy) is 1. The van der Waals surface area contributed by atoms with E-state index >= 15 is 0 Å². The van der Waals surface area contributed by atoms with Crippen molar-refractivity contribution in [1.82, 2.24) is 9.88 Å². The van der Waals surface area contributed by atoms with Crippen LogP contribution in [0.5, 0.6) is 0 Å². The van der Waals surface area contributed by atoms with E-state index in [0.717, 1.165) is 12.6 Å². The van der Waals surface area contributed by atoms with E-state index in [-0.39, 0.29) is 11.7 Å². The van der Waals surface area contributed by atoms with Crippen LogP contribution < -0.4 is 15.8 Å². The summed E-state index contributed by atoms with van der Waals surface area (Å²) in [5, 5.41) is 3.84. The lowest BCUT2D eigenvalue weighted by Gasteiger charge is -2.35. The fourth-order valence-electron chi connectivity index (χ4n) is 6.43. The average molecular weight is 547 g/mol. The Morgan fingerprint density at radius 2 is 1.84 bits per heavy atom. The Balaban J connectivity index is 1.06. The van der Waals surface area contributed by atoms with E-state index in [4.69, 9.17) is 4.74 Å². The molecule has 4 heterocycles. The minimum absolute atomic E-state index is 0.0460. The minimum atomic E-state index is -0.0703. The number of aromatic nitrogens is 1. The Labute approximate surface area is 232 Å². The normalized spacial score (nSPS) is 23.8. The van der Waals surface area contributed by atoms with Gasteiger partial charge in [-0.3, -0.25) is 9.69 Å². The van der Waals surface area contributed by atoms with Gasteiger partial charge in [-0.05, 0) is 61.2 Å². The van der Waals surface area contributed by atoms with Crippen LogP contribution in [0.4, 0.5) is 11.4 Å². The zero-order valence-electron chi connectivity index (χ0n) is 21.5. The molecule has 0 spiro atoms. The molecule has 0 amide bonds. The number of nitrogens with one attached hydrogen (secondary N) is 2. The molecular formula is C30H34N4O2S2. The molecule has 1 saturated carbocycles. The first-order chi connectivity index (χ1) is 18.7. The van der Waals surface area contributed by atoms with E-state index in [0.29, 0.717) is 24.9 Å². The van der Waals surface area contributed by atoms with Crippen molar-refractivity contribution in [3.63, 3.8) is 0 Å². The zero-order valence-corrected chi connectivity index (χ0v) is 23.2. The Morgan fingerprint density at radius 3 is 2.74 bits per heavy atom. The van der Waals surface area contributed by atoms with Gasteiger partial charge in [0.2, 0.25) is 0 Å². The molecule has 0 radical (unpaired) electrons. The summed E-state index contributed by atoms with van der Waals surface area (Å²) in [6.45, 7) is 4.39. The topological polar surface area (TPSA) is 60.6 Å². The monoisotopic (exact) mass is 546 g/mol. The van der Waals surface area contributed by atoms with Gasteiger partial charge in [0.1, 0.15) is 11.8 Å². The smallest absolute Gasteiger partial charge is 0.271 e. The molecule has 1 aliphatic carbocycles. The van der Waals surface area contributed by atoms with Crippen LogP contribution in [-0.4, -0.2) is 54.8 Å². The van der Waals surface area contributed by atoms with Crippen LogP contribution in [0.2, 0.25) is 0 Å². The van der Waals surface area contributed by atoms with Crippen LogP contribution in [0.1, 0.15) is 43.8 Å². The number of pyridine rings is 1. The molecule has 8 heteroatoms. The number of nitrogens with zero attached hydrogens (tertiary/aromatic N) is 2. The molecule has 4 aliphatic rings. The van der Waals surface area contributed by atoms with Crippen LogP contribution in [0.25, 0.3) is 0 Å². The summed E-state index contributed by atoms with van der Waals surface area (Å²) in [5.74, 6) is 0. The third-order valence-corrected chi connectivity index (χ3v) is 11.0. The number of H-pyrrole nitrogens is 1. The van der Waals surface area contributed by atoms with Crippen LogP contribution in [-0.2, 0) is 4.74 Å². The number of hydrogen-bond donors (Lipinski definition) is 2. The highest BCUT2D eigenvalue weighted by atomic mass is 32.2. The van der Waals surface area contributed by atoms with Crippen LogP contribution in [0.3, 0.4) is 0 Å². The summed E-state index contributed by atoms with van der Waals surface area (Å²) in [4.78, 5) is 25.2. The summed E-state index contributed by atoms with van der Waals surface area (Å²) in [5.41, 5.74) is 3.11. The number of rotatable bonds is 5. The molecule has 3 fully saturated rings. The minimum Gasteiger partial charge on any atom is -0.381 e. The van der Waals surface area contributed by atoms with Gasteiger partial charge in [-0.25, -0.2) is 0 Å². The van der Waals surface area contributed by atoms with Gasteiger partial charge in [-0.15, -0.1) is 0 Å². The Hall–Kier alpha value is -2.39. The van der Waals surface area contributed by atoms with Gasteiger partial charge in [0.25, 0.3) is 5.56 Å². The summed E-state index contributed by atoms with van der Waals surface area (Å²) in [6, 6.07) is 18.5. The second kappa shape index (κ2) is 10.6. The molecule has 38 heavy (non-hydrogen) atoms. The lowest BCUT2D eigenvalue weighted by Crippen LogP contribution is -2.41. The van der Waals surface area contributed by atoms with Gasteiger partial charge in [-0.2, -0.15) is 0 Å². The molecule has 2 aromatic carbocycles. The maximum atomic E-state index is 12.4. The number of anilines is 2. The van der Waals surface area contributed by atoms with Crippen molar-refractivity contribution in [3.8, 4) is 0 Å². The molecule has 3 aliphatic heterocycles. The highest BCUT2D eigenvalue weighted by molar-refractivity contribution is 8.05. The molecule has 2 N–H and O–H groups in total. The maximum Gasteiger partial charge on any atom is 0.271 e. The summed E-state index contributed by atoms with van der Waals surface area (Å²) < 4.78 is 6.26. The molecule has 2 atom stereocenters. The molecule has 198 valence electrons. The number of likely N-dealkylation sites (tertiary alicyclic amines) is 1. The van der Waals surface area contributed by atoms with E-state index in [1.165, 1.54) is 76.0 Å². The lowest BCUT2D eigenvalue weighted by molar-refractivity contribution is 0.0378. The predicted molar refractivity (Wildman–Crippen MR) is 155 cm³/mol. The van der Waals surface area contributed by atoms with E-state index in [9.17, 15) is 4.79 Å². The molecular weight excluding hydrogens is 512 g/mol. The highest BCUT2D eigenvalue weighted by Gasteiger charge is 2.31. The summed E-state index contributed by atoms with van der Waals surface area (Å²) in [7, 11) is 0. The van der Waals surface area contributed by atoms with Gasteiger partial charge in [0.05, 0.1) is 6.61 Å². The van der Waals surface area contributed by atoms with Crippen molar-refractivity contribution in [2.75, 3.05) is 43.0 Å². The van der Waals surface area contributed by atoms with Crippen molar-refractivity contribution in [2.45, 2.75) is 69.9 Å². The SMILES string of the molecule is O=c1[nH]cccc1N1CCOC(c2cccc3c2Sc2ccc(NC4CCN(C5CCCC5)C4)cc2S3)C1. The van der Waals surface area contributed by atoms with Gasteiger partial charge >= 0.3 is 0 Å². The van der Waals surface area contributed by atoms with Crippen LogP contribution >= 0.6 is 23.5 Å². The maximum absolute atomic E-state index is 12.4. The standard InChI is InChI=1S/C30H34N4O2S2/c35-30-24(8-4-13-31-30)34-15-16-36-25(19-34)23-7-3-9-27-29(23)38-26-11-10-20(17-28(26)37-27)32-21-12-14-33(18-21)22-5-1-2-6-22/h3-4,7-11,13,17,21-22,25,32H,1-2,5-6,12,14-16,18-19H2,(H,31,35). The first-order valence-electron chi connectivity index (χ1n) is 13.9. The number of benzene rings is 2. The van der Waals surface area contributed by atoms with Crippen LogP contribution in [0.15, 0.2) is 79.1 Å². The van der Waals surface area contributed by atoms with Crippen molar-refractivity contribution < 1.29 is 4.74 Å². The van der Waals surface area contributed by atoms with Gasteiger partial charge < -0.3 is 19.9 Å². The van der Waals surface area contributed by atoms with E-state index in [1.54, 1.807) is 6.20 Å². The Morgan fingerprint density at radius 1 is 0.921 bits per heavy atom. The Bertz CT molecular complexity index is 1370. The quantitative estimate of drug-likeness (QED) is 0.319. The number of morpholine rings is 1. The van der Waals surface area contributed by atoms with Crippen LogP contribution in [0, 0.1) is 0 Å². The fraction of sp³-hybridized carbons (Fsp3) is 0.433. The van der Waals surface area contributed by atoms with Crippen molar-refractivity contribution >= 4 is 34.9 Å². The number of hydrogen-bond acceptors (Lipinski definition) is 7. The molecule has 0 bridgehead atoms. The summed E-state index contributed by atoms with van der Waals surface area (Å²) >= 11 is 3.71. The molecule has 6 nitrogen and oxygen atoms in total. The zero-order chi connectivity index (χ0) is 25.5. The van der Waals surface area contributed by atoms with E-state index < -0.39 is 0 Å². The molecule has 1 aromatic heterocycles. The largest absolute Gasteiger partial charge is 0.381 e. The van der Waals surface area contributed by atoms with E-state index in [1.807, 2.05) is 35.7 Å². The third-order valence-electron chi connectivity index (χ3n) is 8.37. The second-order valence-corrected chi connectivity index (χ2v) is 12.9. The van der Waals surface area contributed by atoms with Gasteiger partial charge in [-0.1, -0.05) is 48.5 Å². The number of fused-ring (bicyclic) bond motifs is 2. The Kier molecular flexibility index (Phi) is 6.90. The van der Waals surface area contributed by atoms with Gasteiger partial charge in [0.15, 0.2) is 0 Å². The predicted octanol–water partition coefficient (Wildman–Crippen LogP) is 6.00. The van der Waals surface area contributed by atoms with Crippen molar-refractivity contribution in [3.05, 3.63) is 70.6 Å². The second-order valence-electron chi connectivity index (χ2n) is 10.8. The molecule has 3 aromatic rings.